The highest BCUT2D eigenvalue weighted by molar-refractivity contribution is 6.30. The van der Waals surface area contributed by atoms with Crippen LogP contribution >= 0.6 is 11.6 Å². The Kier molecular flexibility index (Phi) is 3.38. The van der Waals surface area contributed by atoms with Crippen LogP contribution in [0.3, 0.4) is 0 Å². The maximum atomic E-state index is 12.5. The largest absolute Gasteiger partial charge is 0.480 e. The van der Waals surface area contributed by atoms with Gasteiger partial charge in [-0.25, -0.2) is 0 Å². The van der Waals surface area contributed by atoms with Gasteiger partial charge >= 0.3 is 0 Å². The van der Waals surface area contributed by atoms with Crippen molar-refractivity contribution in [1.29, 1.82) is 0 Å². The van der Waals surface area contributed by atoms with Crippen molar-refractivity contribution in [3.8, 4) is 5.75 Å². The van der Waals surface area contributed by atoms with E-state index in [0.29, 0.717) is 18.0 Å². The highest BCUT2D eigenvalue weighted by Gasteiger charge is 2.39. The fraction of sp³-hybridized carbons (Fsp3) is 0.533. The Hall–Kier alpha value is -1.26. The van der Waals surface area contributed by atoms with Gasteiger partial charge in [0, 0.05) is 24.5 Å². The molecule has 0 bridgehead atoms. The van der Waals surface area contributed by atoms with E-state index >= 15 is 0 Å². The lowest BCUT2D eigenvalue weighted by molar-refractivity contribution is -0.137. The molecule has 2 aliphatic heterocycles. The summed E-state index contributed by atoms with van der Waals surface area (Å²) >= 11 is 5.97. The van der Waals surface area contributed by atoms with Gasteiger partial charge in [0.25, 0.3) is 5.91 Å². The molecule has 1 aromatic carbocycles. The molecular formula is C15H19ClN2O2. The zero-order valence-electron chi connectivity index (χ0n) is 11.6. The molecule has 0 radical (unpaired) electrons. The third-order valence-electron chi connectivity index (χ3n) is 4.33. The van der Waals surface area contributed by atoms with E-state index in [2.05, 4.69) is 6.92 Å². The number of fused-ring (bicyclic) bond motifs is 1. The molecule has 0 aromatic heterocycles. The normalized spacial score (nSPS) is 28.4. The number of carbonyl (C=O) groups excluding carboxylic acids is 1. The number of hydrogen-bond donors (Lipinski definition) is 1. The molecular weight excluding hydrogens is 276 g/mol. The maximum absolute atomic E-state index is 12.5. The predicted octanol–water partition coefficient (Wildman–Crippen LogP) is 1.84. The number of nitrogens with zero attached hydrogens (tertiary/aromatic N) is 1. The Morgan fingerprint density at radius 2 is 2.40 bits per heavy atom. The molecule has 5 heteroatoms. The molecule has 2 N–H and O–H groups in total. The second-order valence-corrected chi connectivity index (χ2v) is 6.52. The molecule has 2 aliphatic rings. The Bertz CT molecular complexity index is 549. The molecule has 0 aliphatic carbocycles. The van der Waals surface area contributed by atoms with E-state index in [0.717, 1.165) is 30.8 Å². The van der Waals surface area contributed by atoms with Gasteiger partial charge in [-0.2, -0.15) is 0 Å². The van der Waals surface area contributed by atoms with Gasteiger partial charge in [-0.15, -0.1) is 0 Å². The average Bonchev–Trinajstić information content (AvgIpc) is 3.02. The van der Waals surface area contributed by atoms with Crippen LogP contribution in [0, 0.1) is 5.41 Å². The number of benzene rings is 1. The SMILES string of the molecule is CC1(CN)CCN(C(=O)C2Cc3cc(Cl)ccc3O2)C1. The molecule has 108 valence electrons. The van der Waals surface area contributed by atoms with E-state index in [1.165, 1.54) is 0 Å². The summed E-state index contributed by atoms with van der Waals surface area (Å²) in [4.78, 5) is 14.4. The van der Waals surface area contributed by atoms with Crippen molar-refractivity contribution in [2.24, 2.45) is 11.1 Å². The Balaban J connectivity index is 1.69. The number of carbonyl (C=O) groups is 1. The van der Waals surface area contributed by atoms with Crippen LogP contribution in [0.2, 0.25) is 5.02 Å². The Morgan fingerprint density at radius 1 is 1.60 bits per heavy atom. The third kappa shape index (κ3) is 2.38. The van der Waals surface area contributed by atoms with Crippen LogP contribution in [0.5, 0.6) is 5.75 Å². The average molecular weight is 295 g/mol. The van der Waals surface area contributed by atoms with Crippen LogP contribution < -0.4 is 10.5 Å². The lowest BCUT2D eigenvalue weighted by Gasteiger charge is -2.24. The topological polar surface area (TPSA) is 55.6 Å². The summed E-state index contributed by atoms with van der Waals surface area (Å²) in [6.07, 6.45) is 1.15. The number of halogens is 1. The number of ether oxygens (including phenoxy) is 1. The van der Waals surface area contributed by atoms with Crippen LogP contribution in [0.1, 0.15) is 18.9 Å². The van der Waals surface area contributed by atoms with E-state index in [-0.39, 0.29) is 11.3 Å². The van der Waals surface area contributed by atoms with Gasteiger partial charge in [-0.1, -0.05) is 18.5 Å². The third-order valence-corrected chi connectivity index (χ3v) is 4.57. The van der Waals surface area contributed by atoms with Crippen LogP contribution in [0.15, 0.2) is 18.2 Å². The number of nitrogens with two attached hydrogens (primary N) is 1. The van der Waals surface area contributed by atoms with E-state index in [1.54, 1.807) is 6.07 Å². The molecule has 1 amide bonds. The van der Waals surface area contributed by atoms with Crippen molar-refractivity contribution in [2.75, 3.05) is 19.6 Å². The molecule has 1 aromatic rings. The maximum Gasteiger partial charge on any atom is 0.264 e. The number of rotatable bonds is 2. The monoisotopic (exact) mass is 294 g/mol. The first-order valence-electron chi connectivity index (χ1n) is 6.95. The molecule has 2 unspecified atom stereocenters. The fourth-order valence-electron chi connectivity index (χ4n) is 2.94. The molecule has 0 saturated carbocycles. The second kappa shape index (κ2) is 4.93. The van der Waals surface area contributed by atoms with Crippen molar-refractivity contribution < 1.29 is 9.53 Å². The van der Waals surface area contributed by atoms with E-state index in [4.69, 9.17) is 22.1 Å². The molecule has 4 nitrogen and oxygen atoms in total. The summed E-state index contributed by atoms with van der Waals surface area (Å²) in [5.41, 5.74) is 6.84. The first-order chi connectivity index (χ1) is 9.50. The summed E-state index contributed by atoms with van der Waals surface area (Å²) in [6.45, 7) is 4.23. The summed E-state index contributed by atoms with van der Waals surface area (Å²) in [5.74, 6) is 0.836. The number of likely N-dealkylation sites (tertiary alicyclic amines) is 1. The Labute approximate surface area is 123 Å². The van der Waals surface area contributed by atoms with Crippen LogP contribution in [-0.2, 0) is 11.2 Å². The summed E-state index contributed by atoms with van der Waals surface area (Å²) < 4.78 is 5.76. The molecule has 2 heterocycles. The second-order valence-electron chi connectivity index (χ2n) is 6.09. The van der Waals surface area contributed by atoms with Gasteiger partial charge in [-0.3, -0.25) is 4.79 Å². The van der Waals surface area contributed by atoms with E-state index < -0.39 is 6.10 Å². The molecule has 2 atom stereocenters. The zero-order valence-corrected chi connectivity index (χ0v) is 12.3. The summed E-state index contributed by atoms with van der Waals surface area (Å²) in [6, 6.07) is 5.49. The molecule has 1 saturated heterocycles. The van der Waals surface area contributed by atoms with Gasteiger partial charge < -0.3 is 15.4 Å². The Morgan fingerprint density at radius 3 is 3.10 bits per heavy atom. The fourth-order valence-corrected chi connectivity index (χ4v) is 3.13. The predicted molar refractivity (Wildman–Crippen MR) is 77.9 cm³/mol. The molecule has 20 heavy (non-hydrogen) atoms. The van der Waals surface area contributed by atoms with Gasteiger partial charge in [0.2, 0.25) is 0 Å². The summed E-state index contributed by atoms with van der Waals surface area (Å²) in [5, 5.41) is 0.678. The minimum atomic E-state index is -0.413. The van der Waals surface area contributed by atoms with Gasteiger partial charge in [0.15, 0.2) is 6.10 Å². The highest BCUT2D eigenvalue weighted by Crippen LogP contribution is 2.34. The van der Waals surface area contributed by atoms with Crippen molar-refractivity contribution in [2.45, 2.75) is 25.9 Å². The van der Waals surface area contributed by atoms with Gasteiger partial charge in [0.1, 0.15) is 5.75 Å². The van der Waals surface area contributed by atoms with Gasteiger partial charge in [0.05, 0.1) is 0 Å². The van der Waals surface area contributed by atoms with Crippen LogP contribution in [0.25, 0.3) is 0 Å². The van der Waals surface area contributed by atoms with Crippen LogP contribution in [0.4, 0.5) is 0 Å². The van der Waals surface area contributed by atoms with Crippen molar-refractivity contribution in [1.82, 2.24) is 4.90 Å². The highest BCUT2D eigenvalue weighted by atomic mass is 35.5. The lowest BCUT2D eigenvalue weighted by atomic mass is 9.90. The van der Waals surface area contributed by atoms with Gasteiger partial charge in [-0.05, 0) is 42.1 Å². The quantitative estimate of drug-likeness (QED) is 0.905. The molecule has 1 fully saturated rings. The number of amides is 1. The lowest BCUT2D eigenvalue weighted by Crippen LogP contribution is -2.41. The van der Waals surface area contributed by atoms with Crippen molar-refractivity contribution in [3.63, 3.8) is 0 Å². The first kappa shape index (κ1) is 13.7. The zero-order chi connectivity index (χ0) is 14.3. The van der Waals surface area contributed by atoms with Crippen molar-refractivity contribution >= 4 is 17.5 Å². The van der Waals surface area contributed by atoms with Crippen molar-refractivity contribution in [3.05, 3.63) is 28.8 Å². The molecule has 3 rings (SSSR count). The molecule has 0 spiro atoms. The van der Waals surface area contributed by atoms with E-state index in [9.17, 15) is 4.79 Å². The minimum Gasteiger partial charge on any atom is -0.480 e. The first-order valence-corrected chi connectivity index (χ1v) is 7.32. The minimum absolute atomic E-state index is 0.0461. The smallest absolute Gasteiger partial charge is 0.264 e. The standard InChI is InChI=1S/C15H19ClN2O2/c1-15(8-17)4-5-18(9-15)14(19)13-7-10-6-11(16)2-3-12(10)20-13/h2-3,6,13H,4-5,7-9,17H2,1H3. The number of hydrogen-bond acceptors (Lipinski definition) is 3. The summed E-state index contributed by atoms with van der Waals surface area (Å²) in [7, 11) is 0. The van der Waals surface area contributed by atoms with Crippen LogP contribution in [-0.4, -0.2) is 36.5 Å². The van der Waals surface area contributed by atoms with E-state index in [1.807, 2.05) is 17.0 Å².